The predicted molar refractivity (Wildman–Crippen MR) is 76.3 cm³/mol. The molecule has 0 saturated carbocycles. The number of likely N-dealkylation sites (tertiary alicyclic amines) is 1. The van der Waals surface area contributed by atoms with Crippen LogP contribution in [0.25, 0.3) is 0 Å². The van der Waals surface area contributed by atoms with E-state index in [9.17, 15) is 14.7 Å². The molecule has 2 N–H and O–H groups in total. The highest BCUT2D eigenvalue weighted by Gasteiger charge is 2.46. The lowest BCUT2D eigenvalue weighted by Crippen LogP contribution is -2.65. The molecule has 1 fully saturated rings. The van der Waals surface area contributed by atoms with Gasteiger partial charge in [-0.15, -0.1) is 0 Å². The Bertz CT molecular complexity index is 606. The van der Waals surface area contributed by atoms with Gasteiger partial charge in [-0.3, -0.25) is 9.59 Å². The molecule has 0 bridgehead atoms. The van der Waals surface area contributed by atoms with Gasteiger partial charge in [0.05, 0.1) is 18.8 Å². The number of β-amino-alcohol motifs (C(OH)–C–C–N with tert-alkyl or cyclic N) is 1. The molecule has 2 aliphatic heterocycles. The molecule has 0 spiro atoms. The maximum atomic E-state index is 12.4. The Hall–Kier alpha value is -2.08. The quantitative estimate of drug-likeness (QED) is 0.847. The van der Waals surface area contributed by atoms with E-state index in [0.717, 1.165) is 0 Å². The third-order valence-electron chi connectivity index (χ3n) is 4.15. The Labute approximate surface area is 122 Å². The zero-order valence-corrected chi connectivity index (χ0v) is 12.0. The van der Waals surface area contributed by atoms with Crippen molar-refractivity contribution in [1.82, 2.24) is 4.90 Å². The predicted octanol–water partition coefficient (Wildman–Crippen LogP) is 0.860. The van der Waals surface area contributed by atoms with Gasteiger partial charge >= 0.3 is 0 Å². The molecule has 112 valence electrons. The fraction of sp³-hybridized carbons (Fsp3) is 0.467. The summed E-state index contributed by atoms with van der Waals surface area (Å²) in [6.45, 7) is 4.54. The number of carbonyl (C=O) groups excluding carboxylic acids is 2. The summed E-state index contributed by atoms with van der Waals surface area (Å²) < 4.78 is 5.26. The van der Waals surface area contributed by atoms with Crippen molar-refractivity contribution in [2.75, 3.05) is 25.0 Å². The lowest BCUT2D eigenvalue weighted by atomic mass is 9.82. The van der Waals surface area contributed by atoms with E-state index in [1.54, 1.807) is 23.1 Å². The van der Waals surface area contributed by atoms with Crippen LogP contribution in [0.3, 0.4) is 0 Å². The van der Waals surface area contributed by atoms with Crippen molar-refractivity contribution in [3.05, 3.63) is 23.8 Å². The van der Waals surface area contributed by atoms with Crippen molar-refractivity contribution >= 4 is 17.5 Å². The maximum Gasteiger partial charge on any atom is 0.262 e. The first kappa shape index (κ1) is 13.9. The lowest BCUT2D eigenvalue weighted by molar-refractivity contribution is -0.118. The third kappa shape index (κ3) is 2.35. The van der Waals surface area contributed by atoms with Gasteiger partial charge < -0.3 is 20.1 Å². The van der Waals surface area contributed by atoms with Crippen molar-refractivity contribution in [1.29, 1.82) is 0 Å². The van der Waals surface area contributed by atoms with E-state index in [1.807, 2.05) is 13.8 Å². The van der Waals surface area contributed by atoms with Crippen molar-refractivity contribution < 1.29 is 19.4 Å². The Morgan fingerprint density at radius 2 is 2.14 bits per heavy atom. The fourth-order valence-electron chi connectivity index (χ4n) is 2.52. The van der Waals surface area contributed by atoms with Crippen LogP contribution in [0.15, 0.2) is 18.2 Å². The van der Waals surface area contributed by atoms with Crippen LogP contribution < -0.4 is 10.1 Å². The van der Waals surface area contributed by atoms with E-state index in [0.29, 0.717) is 30.1 Å². The zero-order chi connectivity index (χ0) is 15.2. The molecule has 2 heterocycles. The van der Waals surface area contributed by atoms with Crippen LogP contribution in [0.2, 0.25) is 0 Å². The number of anilines is 1. The molecule has 1 aromatic rings. The summed E-state index contributed by atoms with van der Waals surface area (Å²) >= 11 is 0. The van der Waals surface area contributed by atoms with Crippen LogP contribution >= 0.6 is 0 Å². The molecule has 6 nitrogen and oxygen atoms in total. The van der Waals surface area contributed by atoms with E-state index >= 15 is 0 Å². The van der Waals surface area contributed by atoms with Gasteiger partial charge in [0.2, 0.25) is 0 Å². The van der Waals surface area contributed by atoms with Gasteiger partial charge in [-0.2, -0.15) is 0 Å². The minimum atomic E-state index is -0.790. The molecule has 0 unspecified atom stereocenters. The van der Waals surface area contributed by atoms with Crippen LogP contribution in [-0.4, -0.2) is 47.1 Å². The second-order valence-corrected chi connectivity index (χ2v) is 5.97. The first-order chi connectivity index (χ1) is 9.89. The van der Waals surface area contributed by atoms with Crippen molar-refractivity contribution in [3.8, 4) is 5.75 Å². The highest BCUT2D eigenvalue weighted by Crippen LogP contribution is 2.32. The topological polar surface area (TPSA) is 78.9 Å². The number of aliphatic hydroxyl groups is 1. The minimum Gasteiger partial charge on any atom is -0.482 e. The summed E-state index contributed by atoms with van der Waals surface area (Å²) in [6.07, 6.45) is 0. The highest BCUT2D eigenvalue weighted by atomic mass is 16.5. The van der Waals surface area contributed by atoms with Crippen LogP contribution in [0, 0.1) is 5.92 Å². The molecular formula is C15H18N2O4. The van der Waals surface area contributed by atoms with Gasteiger partial charge in [-0.05, 0) is 24.1 Å². The third-order valence-corrected chi connectivity index (χ3v) is 4.15. The van der Waals surface area contributed by atoms with Crippen molar-refractivity contribution in [2.45, 2.75) is 19.4 Å². The summed E-state index contributed by atoms with van der Waals surface area (Å²) in [6, 6.07) is 4.96. The van der Waals surface area contributed by atoms with Crippen LogP contribution in [0.5, 0.6) is 5.75 Å². The standard InChI is InChI=1S/C15H18N2O4/c1-9(2)15(20)7-17(8-15)14(19)10-3-4-12-11(5-10)16-13(18)6-21-12/h3-5,9,20H,6-8H2,1-2H3,(H,16,18). The Morgan fingerprint density at radius 1 is 1.43 bits per heavy atom. The number of benzene rings is 1. The maximum absolute atomic E-state index is 12.4. The Kier molecular flexibility index (Phi) is 3.13. The van der Waals surface area contributed by atoms with Gasteiger partial charge in [0, 0.05) is 5.56 Å². The SMILES string of the molecule is CC(C)C1(O)CN(C(=O)c2ccc3c(c2)NC(=O)CO3)C1. The number of nitrogens with zero attached hydrogens (tertiary/aromatic N) is 1. The summed E-state index contributed by atoms with van der Waals surface area (Å²) in [7, 11) is 0. The van der Waals surface area contributed by atoms with E-state index in [1.165, 1.54) is 0 Å². The smallest absolute Gasteiger partial charge is 0.262 e. The summed E-state index contributed by atoms with van der Waals surface area (Å²) in [5.41, 5.74) is 0.198. The van der Waals surface area contributed by atoms with Crippen molar-refractivity contribution in [3.63, 3.8) is 0 Å². The average Bonchev–Trinajstić information content (AvgIpc) is 2.42. The van der Waals surface area contributed by atoms with Gasteiger partial charge in [0.25, 0.3) is 11.8 Å². The fourth-order valence-corrected chi connectivity index (χ4v) is 2.52. The van der Waals surface area contributed by atoms with Gasteiger partial charge in [-0.1, -0.05) is 13.8 Å². The number of hydrogen-bond acceptors (Lipinski definition) is 4. The van der Waals surface area contributed by atoms with E-state index < -0.39 is 5.60 Å². The number of fused-ring (bicyclic) bond motifs is 1. The van der Waals surface area contributed by atoms with E-state index in [4.69, 9.17) is 4.74 Å². The Balaban J connectivity index is 1.75. The molecule has 2 aliphatic rings. The molecule has 0 aliphatic carbocycles. The molecule has 21 heavy (non-hydrogen) atoms. The number of carbonyl (C=O) groups is 2. The number of amides is 2. The minimum absolute atomic E-state index is 0.00611. The summed E-state index contributed by atoms with van der Waals surface area (Å²) in [5.74, 6) is 0.291. The zero-order valence-electron chi connectivity index (χ0n) is 12.0. The second-order valence-electron chi connectivity index (χ2n) is 5.97. The molecule has 0 aromatic heterocycles. The molecule has 3 rings (SSSR count). The number of rotatable bonds is 2. The highest BCUT2D eigenvalue weighted by molar-refractivity contribution is 6.00. The van der Waals surface area contributed by atoms with Gasteiger partial charge in [0.1, 0.15) is 11.4 Å². The summed E-state index contributed by atoms with van der Waals surface area (Å²) in [4.78, 5) is 25.3. The van der Waals surface area contributed by atoms with Crippen LogP contribution in [0.4, 0.5) is 5.69 Å². The average molecular weight is 290 g/mol. The Morgan fingerprint density at radius 3 is 2.81 bits per heavy atom. The van der Waals surface area contributed by atoms with Crippen LogP contribution in [0.1, 0.15) is 24.2 Å². The molecule has 6 heteroatoms. The van der Waals surface area contributed by atoms with Crippen molar-refractivity contribution in [2.24, 2.45) is 5.92 Å². The summed E-state index contributed by atoms with van der Waals surface area (Å²) in [5, 5.41) is 12.9. The first-order valence-electron chi connectivity index (χ1n) is 6.97. The van der Waals surface area contributed by atoms with Crippen LogP contribution in [-0.2, 0) is 4.79 Å². The van der Waals surface area contributed by atoms with E-state index in [-0.39, 0.29) is 24.3 Å². The lowest BCUT2D eigenvalue weighted by Gasteiger charge is -2.49. The molecular weight excluding hydrogens is 272 g/mol. The molecule has 1 aromatic carbocycles. The largest absolute Gasteiger partial charge is 0.482 e. The molecule has 0 atom stereocenters. The molecule has 0 radical (unpaired) electrons. The first-order valence-corrected chi connectivity index (χ1v) is 6.97. The monoisotopic (exact) mass is 290 g/mol. The number of nitrogens with one attached hydrogen (secondary N) is 1. The van der Waals surface area contributed by atoms with Gasteiger partial charge in [0.15, 0.2) is 6.61 Å². The van der Waals surface area contributed by atoms with E-state index in [2.05, 4.69) is 5.32 Å². The molecule has 2 amide bonds. The number of ether oxygens (including phenoxy) is 1. The number of hydrogen-bond donors (Lipinski definition) is 2. The normalized spacial score (nSPS) is 19.4. The van der Waals surface area contributed by atoms with Gasteiger partial charge in [-0.25, -0.2) is 0 Å². The second kappa shape index (κ2) is 4.73. The molecule has 1 saturated heterocycles.